The van der Waals surface area contributed by atoms with Gasteiger partial charge in [0, 0.05) is 24.5 Å². The number of rotatable bonds is 4. The number of nitrogens with zero attached hydrogens (tertiary/aromatic N) is 6. The highest BCUT2D eigenvalue weighted by molar-refractivity contribution is 5.97. The second-order valence-corrected chi connectivity index (χ2v) is 8.07. The smallest absolute Gasteiger partial charge is 0.365 e. The Morgan fingerprint density at radius 2 is 1.88 bits per heavy atom. The highest BCUT2D eigenvalue weighted by atomic mass is 19.4. The first-order valence-corrected chi connectivity index (χ1v) is 10.3. The van der Waals surface area contributed by atoms with Crippen LogP contribution < -0.4 is 5.32 Å². The molecule has 0 aliphatic carbocycles. The molecule has 3 aromatic heterocycles. The second-order valence-electron chi connectivity index (χ2n) is 8.07. The van der Waals surface area contributed by atoms with Crippen LogP contribution >= 0.6 is 0 Å². The van der Waals surface area contributed by atoms with Crippen LogP contribution in [0.25, 0.3) is 5.69 Å². The summed E-state index contributed by atoms with van der Waals surface area (Å²) in [6.07, 6.45) is 3.43. The van der Waals surface area contributed by atoms with Crippen LogP contribution in [0.5, 0.6) is 0 Å². The van der Waals surface area contributed by atoms with Gasteiger partial charge in [-0.2, -0.15) is 23.4 Å². The van der Waals surface area contributed by atoms with Crippen molar-refractivity contribution in [1.29, 1.82) is 0 Å². The van der Waals surface area contributed by atoms with Gasteiger partial charge in [-0.25, -0.2) is 9.97 Å². The Bertz CT molecular complexity index is 1130. The van der Waals surface area contributed by atoms with E-state index in [9.17, 15) is 18.0 Å². The van der Waals surface area contributed by atoms with E-state index >= 15 is 0 Å². The van der Waals surface area contributed by atoms with E-state index in [1.165, 1.54) is 23.3 Å². The fourth-order valence-electron chi connectivity index (χ4n) is 4.71. The molecular weight excluding hydrogens is 423 g/mol. The molecule has 2 aliphatic rings. The quantitative estimate of drug-likeness (QED) is 0.666. The Hall–Kier alpha value is -3.50. The summed E-state index contributed by atoms with van der Waals surface area (Å²) in [7, 11) is 0. The number of pyridine rings is 2. The Morgan fingerprint density at radius 3 is 2.56 bits per heavy atom. The lowest BCUT2D eigenvalue weighted by Crippen LogP contribution is -2.40. The van der Waals surface area contributed by atoms with Crippen LogP contribution in [-0.4, -0.2) is 53.9 Å². The fraction of sp³-hybridized carbons (Fsp3) is 0.381. The van der Waals surface area contributed by atoms with Gasteiger partial charge in [0.2, 0.25) is 0 Å². The van der Waals surface area contributed by atoms with Crippen molar-refractivity contribution in [2.45, 2.75) is 50.5 Å². The maximum Gasteiger partial charge on any atom is 0.417 e. The molecule has 0 radical (unpaired) electrons. The number of hydrogen-bond donors (Lipinski definition) is 1. The van der Waals surface area contributed by atoms with Gasteiger partial charge < -0.3 is 10.2 Å². The van der Waals surface area contributed by atoms with Crippen molar-refractivity contribution in [2.75, 3.05) is 5.32 Å². The third-order valence-electron chi connectivity index (χ3n) is 6.14. The lowest BCUT2D eigenvalue weighted by molar-refractivity contribution is -0.137. The SMILES string of the molecule is Cc1ccnc(C(=O)N2C3CCC2C(Nc2ccc(C(F)(F)F)cn2)C3)c1-n1nccn1. The molecule has 11 heteroatoms. The van der Waals surface area contributed by atoms with Gasteiger partial charge >= 0.3 is 6.18 Å². The fourth-order valence-corrected chi connectivity index (χ4v) is 4.71. The molecule has 2 saturated heterocycles. The first-order chi connectivity index (χ1) is 15.3. The van der Waals surface area contributed by atoms with E-state index in [1.807, 2.05) is 11.8 Å². The van der Waals surface area contributed by atoms with E-state index in [0.29, 0.717) is 17.9 Å². The maximum atomic E-state index is 13.6. The molecular formula is C21H20F3N7O. The average molecular weight is 443 g/mol. The van der Waals surface area contributed by atoms with E-state index < -0.39 is 11.7 Å². The second kappa shape index (κ2) is 7.57. The number of amides is 1. The standard InChI is InChI=1S/C21H20F3N7O/c1-12-6-7-25-18(19(12)31-27-8-9-28-31)20(32)30-14-3-4-16(30)15(10-14)29-17-5-2-13(11-26-17)21(22,23)24/h2,5-9,11,14-16H,3-4,10H2,1H3,(H,26,29). The molecule has 2 bridgehead atoms. The van der Waals surface area contributed by atoms with Crippen molar-refractivity contribution in [3.63, 3.8) is 0 Å². The molecule has 2 aliphatic heterocycles. The van der Waals surface area contributed by atoms with E-state index in [4.69, 9.17) is 0 Å². The van der Waals surface area contributed by atoms with E-state index in [2.05, 4.69) is 25.5 Å². The topological polar surface area (TPSA) is 88.8 Å². The van der Waals surface area contributed by atoms with Crippen LogP contribution in [0.15, 0.2) is 43.0 Å². The van der Waals surface area contributed by atoms with Crippen molar-refractivity contribution in [3.8, 4) is 5.69 Å². The van der Waals surface area contributed by atoms with Crippen LogP contribution in [-0.2, 0) is 6.18 Å². The number of aryl methyl sites for hydroxylation is 1. The van der Waals surface area contributed by atoms with Crippen molar-refractivity contribution in [3.05, 3.63) is 59.8 Å². The minimum Gasteiger partial charge on any atom is -0.365 e. The summed E-state index contributed by atoms with van der Waals surface area (Å²) in [6, 6.07) is 3.96. The van der Waals surface area contributed by atoms with E-state index in [1.54, 1.807) is 12.3 Å². The molecule has 2 fully saturated rings. The average Bonchev–Trinajstić information content (AvgIpc) is 3.49. The lowest BCUT2D eigenvalue weighted by atomic mass is 9.95. The van der Waals surface area contributed by atoms with Gasteiger partial charge in [-0.05, 0) is 49.9 Å². The summed E-state index contributed by atoms with van der Waals surface area (Å²) in [4.78, 5) is 25.1. The summed E-state index contributed by atoms with van der Waals surface area (Å²) in [5.74, 6) is 0.163. The Labute approximate surface area is 181 Å². The van der Waals surface area contributed by atoms with Crippen molar-refractivity contribution in [1.82, 2.24) is 29.9 Å². The monoisotopic (exact) mass is 443 g/mol. The molecule has 8 nitrogen and oxygen atoms in total. The van der Waals surface area contributed by atoms with Gasteiger partial charge in [-0.1, -0.05) is 0 Å². The first-order valence-electron chi connectivity index (χ1n) is 10.3. The molecule has 3 unspecified atom stereocenters. The summed E-state index contributed by atoms with van der Waals surface area (Å²) in [6.45, 7) is 1.87. The van der Waals surface area contributed by atoms with E-state index in [0.717, 1.165) is 30.7 Å². The molecule has 3 aromatic rings. The zero-order valence-corrected chi connectivity index (χ0v) is 17.1. The predicted molar refractivity (Wildman–Crippen MR) is 108 cm³/mol. The van der Waals surface area contributed by atoms with Gasteiger partial charge in [-0.15, -0.1) is 4.80 Å². The zero-order valence-electron chi connectivity index (χ0n) is 17.1. The number of hydrogen-bond acceptors (Lipinski definition) is 6. The third-order valence-corrected chi connectivity index (χ3v) is 6.14. The normalized spacial score (nSPS) is 22.4. The molecule has 32 heavy (non-hydrogen) atoms. The molecule has 3 atom stereocenters. The van der Waals surface area contributed by atoms with Crippen molar-refractivity contribution >= 4 is 11.7 Å². The predicted octanol–water partition coefficient (Wildman–Crippen LogP) is 3.24. The van der Waals surface area contributed by atoms with Gasteiger partial charge in [0.15, 0.2) is 5.69 Å². The Kier molecular flexibility index (Phi) is 4.83. The van der Waals surface area contributed by atoms with Gasteiger partial charge in [0.1, 0.15) is 11.5 Å². The van der Waals surface area contributed by atoms with Crippen LogP contribution in [0.2, 0.25) is 0 Å². The van der Waals surface area contributed by atoms with Crippen LogP contribution in [0.4, 0.5) is 19.0 Å². The van der Waals surface area contributed by atoms with Crippen LogP contribution in [0.1, 0.15) is 40.9 Å². The Morgan fingerprint density at radius 1 is 1.09 bits per heavy atom. The van der Waals surface area contributed by atoms with Crippen molar-refractivity contribution in [2.24, 2.45) is 0 Å². The molecule has 5 rings (SSSR count). The molecule has 0 aromatic carbocycles. The number of aromatic nitrogens is 5. The summed E-state index contributed by atoms with van der Waals surface area (Å²) in [5.41, 5.74) is 0.863. The molecule has 0 saturated carbocycles. The number of carbonyl (C=O) groups is 1. The number of fused-ring (bicyclic) bond motifs is 2. The minimum atomic E-state index is -4.43. The molecule has 1 amide bonds. The van der Waals surface area contributed by atoms with Gasteiger partial charge in [0.25, 0.3) is 5.91 Å². The lowest BCUT2D eigenvalue weighted by Gasteiger charge is -2.26. The van der Waals surface area contributed by atoms with Gasteiger partial charge in [0.05, 0.1) is 24.0 Å². The molecule has 5 heterocycles. The van der Waals surface area contributed by atoms with Crippen LogP contribution in [0.3, 0.4) is 0 Å². The molecule has 166 valence electrons. The zero-order chi connectivity index (χ0) is 22.5. The Balaban J connectivity index is 1.38. The third kappa shape index (κ3) is 3.47. The largest absolute Gasteiger partial charge is 0.417 e. The highest BCUT2D eigenvalue weighted by Crippen LogP contribution is 2.40. The van der Waals surface area contributed by atoms with Crippen LogP contribution in [0, 0.1) is 6.92 Å². The summed E-state index contributed by atoms with van der Waals surface area (Å²) in [5, 5.41) is 11.5. The maximum absolute atomic E-state index is 13.6. The van der Waals surface area contributed by atoms with Crippen molar-refractivity contribution < 1.29 is 18.0 Å². The summed E-state index contributed by atoms with van der Waals surface area (Å²) < 4.78 is 38.4. The number of alkyl halides is 3. The number of carbonyl (C=O) groups excluding carboxylic acids is 1. The minimum absolute atomic E-state index is 0.0280. The van der Waals surface area contributed by atoms with E-state index in [-0.39, 0.29) is 29.7 Å². The molecule has 1 N–H and O–H groups in total. The van der Waals surface area contributed by atoms with Gasteiger partial charge in [-0.3, -0.25) is 4.79 Å². The molecule has 0 spiro atoms. The summed E-state index contributed by atoms with van der Waals surface area (Å²) >= 11 is 0. The number of halogens is 3. The number of nitrogens with one attached hydrogen (secondary N) is 1. The first kappa shape index (κ1) is 20.4. The highest BCUT2D eigenvalue weighted by Gasteiger charge is 2.49. The number of anilines is 1.